The van der Waals surface area contributed by atoms with E-state index in [1.54, 1.807) is 13.3 Å². The summed E-state index contributed by atoms with van der Waals surface area (Å²) in [6.45, 7) is 0. The first-order valence-electron chi connectivity index (χ1n) is 12.1. The highest BCUT2D eigenvalue weighted by Crippen LogP contribution is 2.39. The van der Waals surface area contributed by atoms with Gasteiger partial charge in [-0.05, 0) is 75.0 Å². The molecule has 0 amide bonds. The molecule has 4 nitrogen and oxygen atoms in total. The summed E-state index contributed by atoms with van der Waals surface area (Å²) in [5, 5.41) is 7.79. The number of fused-ring (bicyclic) bond motifs is 2. The molecule has 0 saturated carbocycles. The van der Waals surface area contributed by atoms with Crippen LogP contribution in [-0.4, -0.2) is 17.1 Å². The monoisotopic (exact) mass is 477 g/mol. The molecule has 0 radical (unpaired) electrons. The molecule has 4 aromatic carbocycles. The summed E-state index contributed by atoms with van der Waals surface area (Å²) in [6, 6.07) is 36.7. The van der Waals surface area contributed by atoms with Gasteiger partial charge in [0.2, 0.25) is 0 Å². The number of anilines is 2. The van der Waals surface area contributed by atoms with E-state index >= 15 is 0 Å². The standard InChI is InChI=1S/C33H23N3O/c1-37-25-19-16-23(17-20-25)33-29-12-4-2-10-26(29)28(27-11-3-5-13-30(27)33)21-18-24-9-8-15-32(35-24)36-31-14-6-7-22-34-31/h2-17,19-20,22H,1H3,(H,34,35,36). The van der Waals surface area contributed by atoms with Crippen LogP contribution in [0.4, 0.5) is 11.6 Å². The maximum Gasteiger partial charge on any atom is 0.132 e. The summed E-state index contributed by atoms with van der Waals surface area (Å²) in [5.41, 5.74) is 4.02. The average Bonchev–Trinajstić information content (AvgIpc) is 2.96. The fourth-order valence-electron chi connectivity index (χ4n) is 4.60. The van der Waals surface area contributed by atoms with Gasteiger partial charge in [-0.25, -0.2) is 9.97 Å². The zero-order valence-corrected chi connectivity index (χ0v) is 20.3. The highest BCUT2D eigenvalue weighted by Gasteiger charge is 2.14. The maximum atomic E-state index is 5.38. The normalized spacial score (nSPS) is 10.6. The molecule has 176 valence electrons. The van der Waals surface area contributed by atoms with Crippen LogP contribution in [0.3, 0.4) is 0 Å². The maximum absolute atomic E-state index is 5.38. The Bertz CT molecular complexity index is 1730. The Labute approximate surface area is 215 Å². The topological polar surface area (TPSA) is 47.0 Å². The highest BCUT2D eigenvalue weighted by atomic mass is 16.5. The molecule has 2 heterocycles. The van der Waals surface area contributed by atoms with E-state index in [4.69, 9.17) is 4.74 Å². The molecule has 37 heavy (non-hydrogen) atoms. The molecular formula is C33H23N3O. The van der Waals surface area contributed by atoms with Gasteiger partial charge in [-0.1, -0.05) is 78.7 Å². The van der Waals surface area contributed by atoms with Crippen molar-refractivity contribution in [1.82, 2.24) is 9.97 Å². The van der Waals surface area contributed by atoms with E-state index < -0.39 is 0 Å². The fraction of sp³-hybridized carbons (Fsp3) is 0.0303. The lowest BCUT2D eigenvalue weighted by molar-refractivity contribution is 0.415. The lowest BCUT2D eigenvalue weighted by atomic mass is 9.88. The van der Waals surface area contributed by atoms with Gasteiger partial charge < -0.3 is 10.1 Å². The number of nitrogens with one attached hydrogen (secondary N) is 1. The summed E-state index contributed by atoms with van der Waals surface area (Å²) in [5.74, 6) is 9.05. The first-order chi connectivity index (χ1) is 18.3. The van der Waals surface area contributed by atoms with Crippen LogP contribution < -0.4 is 10.1 Å². The van der Waals surface area contributed by atoms with Crippen molar-refractivity contribution in [2.75, 3.05) is 12.4 Å². The largest absolute Gasteiger partial charge is 0.497 e. The summed E-state index contributed by atoms with van der Waals surface area (Å²) in [7, 11) is 1.69. The van der Waals surface area contributed by atoms with Crippen molar-refractivity contribution in [3.8, 4) is 28.7 Å². The number of rotatable bonds is 4. The van der Waals surface area contributed by atoms with Crippen LogP contribution in [0.5, 0.6) is 5.75 Å². The zero-order chi connectivity index (χ0) is 25.0. The molecule has 0 atom stereocenters. The van der Waals surface area contributed by atoms with Crippen LogP contribution in [0, 0.1) is 11.8 Å². The van der Waals surface area contributed by atoms with Crippen LogP contribution in [0.25, 0.3) is 32.7 Å². The molecule has 0 aliphatic rings. The molecule has 4 heteroatoms. The van der Waals surface area contributed by atoms with Gasteiger partial charge >= 0.3 is 0 Å². The molecule has 0 saturated heterocycles. The Morgan fingerprint density at radius 2 is 1.27 bits per heavy atom. The predicted octanol–water partition coefficient (Wildman–Crippen LogP) is 7.60. The Morgan fingerprint density at radius 3 is 1.92 bits per heavy atom. The minimum atomic E-state index is 0.688. The van der Waals surface area contributed by atoms with Crippen molar-refractivity contribution in [3.05, 3.63) is 127 Å². The van der Waals surface area contributed by atoms with Crippen molar-refractivity contribution >= 4 is 33.2 Å². The Hall–Kier alpha value is -5.14. The van der Waals surface area contributed by atoms with Crippen molar-refractivity contribution in [1.29, 1.82) is 0 Å². The number of nitrogens with zero attached hydrogens (tertiary/aromatic N) is 2. The smallest absolute Gasteiger partial charge is 0.132 e. The number of methoxy groups -OCH3 is 1. The second-order valence-electron chi connectivity index (χ2n) is 8.57. The fourth-order valence-corrected chi connectivity index (χ4v) is 4.60. The molecule has 0 aliphatic heterocycles. The lowest BCUT2D eigenvalue weighted by Gasteiger charge is -2.15. The van der Waals surface area contributed by atoms with E-state index in [1.807, 2.05) is 48.5 Å². The third-order valence-electron chi connectivity index (χ3n) is 6.30. The first kappa shape index (κ1) is 22.3. The third kappa shape index (κ3) is 4.47. The molecule has 6 aromatic rings. The average molecular weight is 478 g/mol. The van der Waals surface area contributed by atoms with Gasteiger partial charge in [0.1, 0.15) is 23.1 Å². The number of pyridine rings is 2. The number of aromatic nitrogens is 2. The van der Waals surface area contributed by atoms with Crippen molar-refractivity contribution in [2.24, 2.45) is 0 Å². The van der Waals surface area contributed by atoms with Crippen LogP contribution >= 0.6 is 0 Å². The molecule has 0 bridgehead atoms. The van der Waals surface area contributed by atoms with Crippen LogP contribution in [0.15, 0.2) is 115 Å². The quantitative estimate of drug-likeness (QED) is 0.210. The number of hydrogen-bond donors (Lipinski definition) is 1. The molecule has 6 rings (SSSR count). The summed E-state index contributed by atoms with van der Waals surface area (Å²) in [4.78, 5) is 9.00. The molecular weight excluding hydrogens is 454 g/mol. The van der Waals surface area contributed by atoms with E-state index in [0.29, 0.717) is 11.5 Å². The molecule has 0 spiro atoms. The van der Waals surface area contributed by atoms with Gasteiger partial charge in [0, 0.05) is 11.8 Å². The van der Waals surface area contributed by atoms with E-state index in [0.717, 1.165) is 44.2 Å². The van der Waals surface area contributed by atoms with Gasteiger partial charge in [-0.3, -0.25) is 0 Å². The van der Waals surface area contributed by atoms with Gasteiger partial charge in [0.15, 0.2) is 0 Å². The third-order valence-corrected chi connectivity index (χ3v) is 6.30. The van der Waals surface area contributed by atoms with Crippen LogP contribution in [0.1, 0.15) is 11.3 Å². The van der Waals surface area contributed by atoms with E-state index in [2.05, 4.69) is 87.8 Å². The van der Waals surface area contributed by atoms with Crippen molar-refractivity contribution < 1.29 is 4.74 Å². The number of hydrogen-bond acceptors (Lipinski definition) is 4. The van der Waals surface area contributed by atoms with E-state index in [1.165, 1.54) is 5.56 Å². The van der Waals surface area contributed by atoms with Gasteiger partial charge in [-0.2, -0.15) is 0 Å². The van der Waals surface area contributed by atoms with Crippen LogP contribution in [0.2, 0.25) is 0 Å². The Balaban J connectivity index is 1.49. The number of ether oxygens (including phenoxy) is 1. The van der Waals surface area contributed by atoms with Gasteiger partial charge in [0.25, 0.3) is 0 Å². The molecule has 0 unspecified atom stereocenters. The molecule has 2 aromatic heterocycles. The molecule has 1 N–H and O–H groups in total. The summed E-state index contributed by atoms with van der Waals surface area (Å²) >= 11 is 0. The summed E-state index contributed by atoms with van der Waals surface area (Å²) in [6.07, 6.45) is 1.75. The Kier molecular flexibility index (Phi) is 5.94. The molecule has 0 aliphatic carbocycles. The minimum absolute atomic E-state index is 0.688. The SMILES string of the molecule is COc1ccc(-c2c3ccccc3c(C#Cc3cccc(Nc4ccccn4)n3)c3ccccc23)cc1. The highest BCUT2D eigenvalue weighted by molar-refractivity contribution is 6.16. The predicted molar refractivity (Wildman–Crippen MR) is 151 cm³/mol. The second kappa shape index (κ2) is 9.85. The van der Waals surface area contributed by atoms with Gasteiger partial charge in [-0.15, -0.1) is 0 Å². The number of benzene rings is 4. The summed E-state index contributed by atoms with van der Waals surface area (Å²) < 4.78 is 5.38. The van der Waals surface area contributed by atoms with E-state index in [-0.39, 0.29) is 0 Å². The Morgan fingerprint density at radius 1 is 0.622 bits per heavy atom. The lowest BCUT2D eigenvalue weighted by Crippen LogP contribution is -1.96. The minimum Gasteiger partial charge on any atom is -0.497 e. The van der Waals surface area contributed by atoms with Crippen molar-refractivity contribution in [3.63, 3.8) is 0 Å². The zero-order valence-electron chi connectivity index (χ0n) is 20.3. The van der Waals surface area contributed by atoms with E-state index in [9.17, 15) is 0 Å². The molecule has 0 fully saturated rings. The van der Waals surface area contributed by atoms with Gasteiger partial charge in [0.05, 0.1) is 7.11 Å². The van der Waals surface area contributed by atoms with Crippen LogP contribution in [-0.2, 0) is 0 Å². The second-order valence-corrected chi connectivity index (χ2v) is 8.57. The first-order valence-corrected chi connectivity index (χ1v) is 12.1. The van der Waals surface area contributed by atoms with Crippen molar-refractivity contribution in [2.45, 2.75) is 0 Å².